The standard InChI is InChI=1S/C41H68N6/c42-25-26-23-35(29-17-21-45-40-33(29)9-5-19-43-40)39(36(24-26)30-18-22-46-41-34(30)10-6-20-44-41)27-13-15-28(16-14-27)47-37-11-3-1-7-31(37)32-8-2-4-12-38(32)47/h26-41,43-46H,1-24H2. The number of rotatable bonds is 4. The van der Waals surface area contributed by atoms with Gasteiger partial charge < -0.3 is 21.3 Å². The molecule has 12 unspecified atom stereocenters. The molecule has 262 valence electrons. The van der Waals surface area contributed by atoms with Gasteiger partial charge in [0.15, 0.2) is 0 Å². The third-order valence-corrected chi connectivity index (χ3v) is 16.8. The Hall–Kier alpha value is -0.710. The largest absolute Gasteiger partial charge is 0.302 e. The number of piperidine rings is 4. The number of nitriles is 1. The van der Waals surface area contributed by atoms with E-state index in [2.05, 4.69) is 32.2 Å². The fourth-order valence-corrected chi connectivity index (χ4v) is 15.2. The van der Waals surface area contributed by atoms with Gasteiger partial charge in [0, 0.05) is 24.0 Å². The first-order chi connectivity index (χ1) is 23.3. The summed E-state index contributed by atoms with van der Waals surface area (Å²) in [4.78, 5) is 3.24. The van der Waals surface area contributed by atoms with Crippen molar-refractivity contribution in [3.63, 3.8) is 0 Å². The maximum atomic E-state index is 10.6. The van der Waals surface area contributed by atoms with Crippen molar-refractivity contribution in [3.05, 3.63) is 0 Å². The fraction of sp³-hybridized carbons (Fsp3) is 0.976. The normalized spacial score (nSPS) is 52.3. The number of hydrogen-bond donors (Lipinski definition) is 4. The summed E-state index contributed by atoms with van der Waals surface area (Å²) >= 11 is 0. The zero-order valence-electron chi connectivity index (χ0n) is 29.6. The summed E-state index contributed by atoms with van der Waals surface area (Å²) in [6.45, 7) is 4.68. The van der Waals surface area contributed by atoms with E-state index >= 15 is 0 Å². The van der Waals surface area contributed by atoms with Crippen LogP contribution in [0.25, 0.3) is 0 Å². The van der Waals surface area contributed by atoms with Gasteiger partial charge in [-0.3, -0.25) is 4.90 Å². The van der Waals surface area contributed by atoms with Crippen LogP contribution in [0.2, 0.25) is 0 Å². The van der Waals surface area contributed by atoms with Gasteiger partial charge in [-0.1, -0.05) is 25.7 Å². The van der Waals surface area contributed by atoms with Gasteiger partial charge in [0.2, 0.25) is 0 Å². The predicted molar refractivity (Wildman–Crippen MR) is 189 cm³/mol. The maximum absolute atomic E-state index is 10.6. The fourth-order valence-electron chi connectivity index (χ4n) is 15.2. The zero-order chi connectivity index (χ0) is 31.3. The third-order valence-electron chi connectivity index (χ3n) is 16.8. The molecule has 9 aliphatic rings. The number of likely N-dealkylation sites (tertiary alicyclic amines) is 1. The topological polar surface area (TPSA) is 75.2 Å². The zero-order valence-corrected chi connectivity index (χ0v) is 29.6. The smallest absolute Gasteiger partial charge is 0.0656 e. The lowest BCUT2D eigenvalue weighted by Gasteiger charge is -2.57. The summed E-state index contributed by atoms with van der Waals surface area (Å²) in [5, 5.41) is 26.2. The van der Waals surface area contributed by atoms with Gasteiger partial charge in [0.1, 0.15) is 0 Å². The lowest BCUT2D eigenvalue weighted by molar-refractivity contribution is -0.0710. The molecule has 9 rings (SSSR count). The minimum absolute atomic E-state index is 0.267. The van der Waals surface area contributed by atoms with Crippen LogP contribution in [0.4, 0.5) is 0 Å². The highest BCUT2D eigenvalue weighted by Crippen LogP contribution is 2.58. The van der Waals surface area contributed by atoms with Crippen LogP contribution in [0.3, 0.4) is 0 Å². The summed E-state index contributed by atoms with van der Waals surface area (Å²) < 4.78 is 0. The van der Waals surface area contributed by atoms with E-state index in [1.54, 1.807) is 0 Å². The SMILES string of the molecule is N#CC1CC(C2CCNC3NCCCC32)C(C2CCC(N3C4CCCCC4C4CCCCC43)CC2)C(C2CCNC3NCCCC32)C1. The van der Waals surface area contributed by atoms with E-state index in [-0.39, 0.29) is 5.92 Å². The first-order valence-corrected chi connectivity index (χ1v) is 21.4. The molecule has 6 heteroatoms. The molecule has 5 saturated heterocycles. The van der Waals surface area contributed by atoms with E-state index in [1.807, 2.05) is 0 Å². The van der Waals surface area contributed by atoms with Gasteiger partial charge in [-0.05, 0) is 188 Å². The molecule has 0 spiro atoms. The van der Waals surface area contributed by atoms with Crippen molar-refractivity contribution < 1.29 is 0 Å². The molecule has 12 atom stereocenters. The lowest BCUT2D eigenvalue weighted by atomic mass is 9.51. The second-order valence-electron chi connectivity index (χ2n) is 18.5. The van der Waals surface area contributed by atoms with Crippen LogP contribution in [-0.2, 0) is 0 Å². The molecular formula is C41H68N6. The second kappa shape index (κ2) is 14.1. The minimum atomic E-state index is 0.267. The number of nitrogens with zero attached hydrogens (tertiary/aromatic N) is 2. The molecule has 0 aromatic rings. The van der Waals surface area contributed by atoms with Crippen molar-refractivity contribution in [3.8, 4) is 6.07 Å². The van der Waals surface area contributed by atoms with Crippen molar-refractivity contribution in [2.45, 2.75) is 159 Å². The lowest BCUT2D eigenvalue weighted by Crippen LogP contribution is -2.61. The summed E-state index contributed by atoms with van der Waals surface area (Å²) in [7, 11) is 0. The van der Waals surface area contributed by atoms with Crippen LogP contribution in [0.15, 0.2) is 0 Å². The predicted octanol–water partition coefficient (Wildman–Crippen LogP) is 6.63. The van der Waals surface area contributed by atoms with Crippen LogP contribution in [0.1, 0.15) is 128 Å². The van der Waals surface area contributed by atoms with E-state index in [0.29, 0.717) is 12.3 Å². The Balaban J connectivity index is 1.00. The Labute approximate surface area is 287 Å². The van der Waals surface area contributed by atoms with Gasteiger partial charge in [0.05, 0.1) is 18.4 Å². The Morgan fingerprint density at radius 1 is 0.447 bits per heavy atom. The second-order valence-corrected chi connectivity index (χ2v) is 18.5. The molecule has 0 bridgehead atoms. The third kappa shape index (κ3) is 5.96. The van der Waals surface area contributed by atoms with Crippen LogP contribution < -0.4 is 21.3 Å². The van der Waals surface area contributed by atoms with Crippen molar-refractivity contribution >= 4 is 0 Å². The molecule has 0 radical (unpaired) electrons. The molecule has 0 amide bonds. The maximum Gasteiger partial charge on any atom is 0.0656 e. The first kappa shape index (κ1) is 32.2. The molecule has 5 heterocycles. The van der Waals surface area contributed by atoms with Gasteiger partial charge in [0.25, 0.3) is 0 Å². The monoisotopic (exact) mass is 645 g/mol. The van der Waals surface area contributed by atoms with Crippen LogP contribution in [0.5, 0.6) is 0 Å². The molecule has 5 aliphatic heterocycles. The molecule has 0 aromatic carbocycles. The van der Waals surface area contributed by atoms with Crippen LogP contribution >= 0.6 is 0 Å². The summed E-state index contributed by atoms with van der Waals surface area (Å²) in [5.74, 6) is 8.62. The highest BCUT2D eigenvalue weighted by atomic mass is 15.3. The van der Waals surface area contributed by atoms with E-state index in [4.69, 9.17) is 0 Å². The summed E-state index contributed by atoms with van der Waals surface area (Å²) in [6.07, 6.45) is 29.4. The van der Waals surface area contributed by atoms with E-state index in [0.717, 1.165) is 77.3 Å². The highest BCUT2D eigenvalue weighted by molar-refractivity contribution is 5.08. The van der Waals surface area contributed by atoms with Crippen molar-refractivity contribution in [1.29, 1.82) is 5.26 Å². The molecule has 6 nitrogen and oxygen atoms in total. The Bertz CT molecular complexity index is 1030. The average molecular weight is 645 g/mol. The van der Waals surface area contributed by atoms with E-state index in [9.17, 15) is 5.26 Å². The van der Waals surface area contributed by atoms with Crippen LogP contribution in [0, 0.1) is 76.4 Å². The van der Waals surface area contributed by atoms with Crippen molar-refractivity contribution in [1.82, 2.24) is 26.2 Å². The highest BCUT2D eigenvalue weighted by Gasteiger charge is 2.55. The Morgan fingerprint density at radius 3 is 1.47 bits per heavy atom. The number of fused-ring (bicyclic) bond motifs is 5. The molecule has 0 aromatic heterocycles. The van der Waals surface area contributed by atoms with Gasteiger partial charge >= 0.3 is 0 Å². The molecular weight excluding hydrogens is 576 g/mol. The Kier molecular flexibility index (Phi) is 9.69. The quantitative estimate of drug-likeness (QED) is 0.275. The minimum Gasteiger partial charge on any atom is -0.302 e. The van der Waals surface area contributed by atoms with Crippen LogP contribution in [-0.4, -0.2) is 61.5 Å². The summed E-state index contributed by atoms with van der Waals surface area (Å²) in [5.41, 5.74) is 0. The van der Waals surface area contributed by atoms with Crippen molar-refractivity contribution in [2.24, 2.45) is 65.1 Å². The number of hydrogen-bond acceptors (Lipinski definition) is 6. The first-order valence-electron chi connectivity index (χ1n) is 21.4. The average Bonchev–Trinajstić information content (AvgIpc) is 3.48. The molecule has 4 aliphatic carbocycles. The molecule has 4 saturated carbocycles. The van der Waals surface area contributed by atoms with Crippen molar-refractivity contribution in [2.75, 3.05) is 26.2 Å². The Morgan fingerprint density at radius 2 is 0.936 bits per heavy atom. The molecule has 9 fully saturated rings. The molecule has 47 heavy (non-hydrogen) atoms. The number of nitrogens with one attached hydrogen (secondary N) is 4. The molecule has 4 N–H and O–H groups in total. The van der Waals surface area contributed by atoms with Gasteiger partial charge in [-0.15, -0.1) is 0 Å². The van der Waals surface area contributed by atoms with E-state index in [1.165, 1.54) is 155 Å². The van der Waals surface area contributed by atoms with Gasteiger partial charge in [-0.2, -0.15) is 5.26 Å². The van der Waals surface area contributed by atoms with Gasteiger partial charge in [-0.25, -0.2) is 0 Å². The van der Waals surface area contributed by atoms with E-state index < -0.39 is 0 Å². The summed E-state index contributed by atoms with van der Waals surface area (Å²) in [6, 6.07) is 5.63.